The molecule has 1 aromatic heterocycles. The van der Waals surface area contributed by atoms with Gasteiger partial charge in [0.25, 0.3) is 0 Å². The molecule has 0 bridgehead atoms. The number of nitriles is 1. The molecule has 1 heterocycles. The second-order valence-corrected chi connectivity index (χ2v) is 2.77. The highest BCUT2D eigenvalue weighted by Gasteiger charge is 2.02. The number of benzene rings is 1. The predicted octanol–water partition coefficient (Wildman–Crippen LogP) is 1.36. The van der Waals surface area contributed by atoms with Crippen LogP contribution in [0, 0.1) is 11.3 Å². The van der Waals surface area contributed by atoms with Gasteiger partial charge in [-0.3, -0.25) is 4.98 Å². The quantitative estimate of drug-likeness (QED) is 0.681. The molecule has 0 atom stereocenters. The van der Waals surface area contributed by atoms with Gasteiger partial charge in [0.1, 0.15) is 0 Å². The summed E-state index contributed by atoms with van der Waals surface area (Å²) < 4.78 is 0. The first-order valence-corrected chi connectivity index (χ1v) is 4.01. The third-order valence-electron chi connectivity index (χ3n) is 1.96. The van der Waals surface area contributed by atoms with Crippen LogP contribution in [0.3, 0.4) is 0 Å². The zero-order valence-electron chi connectivity index (χ0n) is 7.27. The maximum atomic E-state index is 8.72. The molecular formula is C10H7N3O. The summed E-state index contributed by atoms with van der Waals surface area (Å²) in [4.78, 5) is 8.80. The monoisotopic (exact) mass is 185 g/mol. The molecule has 0 saturated carbocycles. The first kappa shape index (κ1) is 8.48. The number of nitrogens with zero attached hydrogens (tertiary/aromatic N) is 2. The lowest BCUT2D eigenvalue weighted by molar-refractivity contribution is 0.338. The third kappa shape index (κ3) is 1.26. The minimum Gasteiger partial charge on any atom is -0.411 e. The van der Waals surface area contributed by atoms with Crippen LogP contribution in [0.15, 0.2) is 30.5 Å². The second kappa shape index (κ2) is 3.32. The number of hydrogen-bond acceptors (Lipinski definition) is 4. The molecule has 0 amide bonds. The molecule has 0 spiro atoms. The number of hydrogen-bond donors (Lipinski definition) is 1. The lowest BCUT2D eigenvalue weighted by Crippen LogP contribution is -2.02. The van der Waals surface area contributed by atoms with Crippen molar-refractivity contribution >= 4 is 10.9 Å². The van der Waals surface area contributed by atoms with E-state index in [-0.39, 0.29) is 0 Å². The maximum absolute atomic E-state index is 8.72. The molecular weight excluding hydrogens is 178 g/mol. The van der Waals surface area contributed by atoms with Gasteiger partial charge in [0, 0.05) is 17.6 Å². The normalized spacial score (nSPS) is 9.71. The van der Waals surface area contributed by atoms with Crippen LogP contribution in [0.2, 0.25) is 0 Å². The Bertz CT molecular complexity index is 516. The van der Waals surface area contributed by atoms with Crippen LogP contribution in [-0.4, -0.2) is 4.98 Å². The number of fused-ring (bicyclic) bond motifs is 1. The molecule has 68 valence electrons. The summed E-state index contributed by atoms with van der Waals surface area (Å²) in [6.07, 6.45) is 1.61. The SMILES string of the molecule is N#Cc1ccc2nccc(ON)c2c1. The van der Waals surface area contributed by atoms with Gasteiger partial charge in [-0.15, -0.1) is 0 Å². The van der Waals surface area contributed by atoms with Crippen molar-refractivity contribution in [3.05, 3.63) is 36.0 Å². The van der Waals surface area contributed by atoms with Crippen LogP contribution in [0.1, 0.15) is 5.56 Å². The summed E-state index contributed by atoms with van der Waals surface area (Å²) in [5.74, 6) is 5.62. The van der Waals surface area contributed by atoms with Gasteiger partial charge in [0.15, 0.2) is 5.75 Å². The zero-order chi connectivity index (χ0) is 9.97. The van der Waals surface area contributed by atoms with Crippen LogP contribution in [0.4, 0.5) is 0 Å². The molecule has 0 aliphatic heterocycles. The Kier molecular flexibility index (Phi) is 2.01. The van der Waals surface area contributed by atoms with Crippen molar-refractivity contribution in [3.8, 4) is 11.8 Å². The van der Waals surface area contributed by atoms with E-state index in [0.29, 0.717) is 11.3 Å². The highest BCUT2D eigenvalue weighted by atomic mass is 16.6. The molecule has 2 N–H and O–H groups in total. The molecule has 0 radical (unpaired) electrons. The second-order valence-electron chi connectivity index (χ2n) is 2.77. The Morgan fingerprint density at radius 3 is 2.93 bits per heavy atom. The minimum absolute atomic E-state index is 0.520. The lowest BCUT2D eigenvalue weighted by atomic mass is 10.1. The van der Waals surface area contributed by atoms with Crippen LogP contribution in [-0.2, 0) is 0 Å². The Balaban J connectivity index is 2.78. The van der Waals surface area contributed by atoms with E-state index >= 15 is 0 Å². The van der Waals surface area contributed by atoms with Crippen LogP contribution >= 0.6 is 0 Å². The van der Waals surface area contributed by atoms with E-state index in [2.05, 4.69) is 9.82 Å². The van der Waals surface area contributed by atoms with Crippen molar-refractivity contribution < 1.29 is 4.84 Å². The van der Waals surface area contributed by atoms with Gasteiger partial charge >= 0.3 is 0 Å². The summed E-state index contributed by atoms with van der Waals surface area (Å²) in [5.41, 5.74) is 1.32. The fourth-order valence-electron chi connectivity index (χ4n) is 1.29. The molecule has 14 heavy (non-hydrogen) atoms. The Morgan fingerprint density at radius 2 is 2.21 bits per heavy atom. The van der Waals surface area contributed by atoms with Crippen molar-refractivity contribution in [2.75, 3.05) is 0 Å². The summed E-state index contributed by atoms with van der Waals surface area (Å²) in [5, 5.41) is 9.46. The molecule has 4 heteroatoms. The topological polar surface area (TPSA) is 71.9 Å². The van der Waals surface area contributed by atoms with Gasteiger partial charge in [-0.05, 0) is 18.2 Å². The van der Waals surface area contributed by atoms with Gasteiger partial charge < -0.3 is 4.84 Å². The zero-order valence-corrected chi connectivity index (χ0v) is 7.27. The highest BCUT2D eigenvalue weighted by Crippen LogP contribution is 2.23. The lowest BCUT2D eigenvalue weighted by Gasteiger charge is -2.02. The summed E-state index contributed by atoms with van der Waals surface area (Å²) in [6, 6.07) is 8.87. The number of pyridine rings is 1. The largest absolute Gasteiger partial charge is 0.411 e. The van der Waals surface area contributed by atoms with Crippen molar-refractivity contribution in [3.63, 3.8) is 0 Å². The van der Waals surface area contributed by atoms with E-state index in [1.807, 2.05) is 6.07 Å². The summed E-state index contributed by atoms with van der Waals surface area (Å²) in [6.45, 7) is 0. The number of aromatic nitrogens is 1. The third-order valence-corrected chi connectivity index (χ3v) is 1.96. The maximum Gasteiger partial charge on any atom is 0.157 e. The Labute approximate surface area is 80.5 Å². The molecule has 2 aromatic rings. The van der Waals surface area contributed by atoms with E-state index in [1.165, 1.54) is 0 Å². The van der Waals surface area contributed by atoms with Gasteiger partial charge in [-0.1, -0.05) is 0 Å². The van der Waals surface area contributed by atoms with E-state index < -0.39 is 0 Å². The molecule has 0 fully saturated rings. The standard InChI is InChI=1S/C10H7N3O/c11-6-7-1-2-9-8(5-7)10(14-12)3-4-13-9/h1-5H,12H2. The smallest absolute Gasteiger partial charge is 0.157 e. The number of rotatable bonds is 1. The van der Waals surface area contributed by atoms with Crippen molar-refractivity contribution in [1.29, 1.82) is 5.26 Å². The average molecular weight is 185 g/mol. The van der Waals surface area contributed by atoms with Gasteiger partial charge in [0.05, 0.1) is 17.1 Å². The summed E-state index contributed by atoms with van der Waals surface area (Å²) in [7, 11) is 0. The van der Waals surface area contributed by atoms with E-state index in [9.17, 15) is 0 Å². The van der Waals surface area contributed by atoms with Crippen LogP contribution in [0.5, 0.6) is 5.75 Å². The van der Waals surface area contributed by atoms with E-state index in [0.717, 1.165) is 10.9 Å². The van der Waals surface area contributed by atoms with Crippen molar-refractivity contribution in [2.45, 2.75) is 0 Å². The molecule has 0 aliphatic rings. The Hall–Kier alpha value is -2.12. The van der Waals surface area contributed by atoms with Gasteiger partial charge in [-0.2, -0.15) is 11.2 Å². The van der Waals surface area contributed by atoms with Crippen molar-refractivity contribution in [2.24, 2.45) is 5.90 Å². The Morgan fingerprint density at radius 1 is 1.36 bits per heavy atom. The molecule has 0 unspecified atom stereocenters. The highest BCUT2D eigenvalue weighted by molar-refractivity contribution is 5.85. The predicted molar refractivity (Wildman–Crippen MR) is 51.3 cm³/mol. The van der Waals surface area contributed by atoms with Crippen LogP contribution < -0.4 is 10.7 Å². The molecule has 0 aliphatic carbocycles. The van der Waals surface area contributed by atoms with E-state index in [4.69, 9.17) is 11.2 Å². The average Bonchev–Trinajstić information content (AvgIpc) is 2.27. The fraction of sp³-hybridized carbons (Fsp3) is 0. The molecule has 0 saturated heterocycles. The van der Waals surface area contributed by atoms with Crippen molar-refractivity contribution in [1.82, 2.24) is 4.98 Å². The fourth-order valence-corrected chi connectivity index (χ4v) is 1.29. The molecule has 2 rings (SSSR count). The number of nitrogens with two attached hydrogens (primary N) is 1. The van der Waals surface area contributed by atoms with Crippen LogP contribution in [0.25, 0.3) is 10.9 Å². The molecule has 4 nitrogen and oxygen atoms in total. The molecule has 1 aromatic carbocycles. The van der Waals surface area contributed by atoms with E-state index in [1.54, 1.807) is 30.5 Å². The first-order chi connectivity index (χ1) is 6.85. The van der Waals surface area contributed by atoms with Gasteiger partial charge in [0.2, 0.25) is 0 Å². The van der Waals surface area contributed by atoms with Gasteiger partial charge in [-0.25, -0.2) is 0 Å². The minimum atomic E-state index is 0.520. The first-order valence-electron chi connectivity index (χ1n) is 4.01. The summed E-state index contributed by atoms with van der Waals surface area (Å²) >= 11 is 0.